The zero-order valence-electron chi connectivity index (χ0n) is 12.3. The van der Waals surface area contributed by atoms with Crippen molar-refractivity contribution in [1.29, 1.82) is 0 Å². The van der Waals surface area contributed by atoms with E-state index in [4.69, 9.17) is 4.74 Å². The first-order valence-electron chi connectivity index (χ1n) is 7.82. The van der Waals surface area contributed by atoms with Gasteiger partial charge in [0, 0.05) is 12.0 Å². The summed E-state index contributed by atoms with van der Waals surface area (Å²) in [6, 6.07) is 9.15. The predicted octanol–water partition coefficient (Wildman–Crippen LogP) is 4.11. The van der Waals surface area contributed by atoms with Crippen LogP contribution in [0.2, 0.25) is 0 Å². The van der Waals surface area contributed by atoms with Crippen LogP contribution in [0.15, 0.2) is 24.3 Å². The second-order valence-electron chi connectivity index (χ2n) is 5.44. The Labute approximate surface area is 117 Å². The molecule has 1 aromatic rings. The normalized spacial score (nSPS) is 19.6. The van der Waals surface area contributed by atoms with Gasteiger partial charge in [0.05, 0.1) is 6.61 Å². The molecule has 2 atom stereocenters. The van der Waals surface area contributed by atoms with Crippen LogP contribution in [0.3, 0.4) is 0 Å². The predicted molar refractivity (Wildman–Crippen MR) is 80.9 cm³/mol. The highest BCUT2D eigenvalue weighted by molar-refractivity contribution is 5.38. The van der Waals surface area contributed by atoms with Gasteiger partial charge in [-0.1, -0.05) is 51.3 Å². The Morgan fingerprint density at radius 3 is 2.89 bits per heavy atom. The molecule has 0 saturated carbocycles. The third-order valence-electron chi connectivity index (χ3n) is 4.08. The summed E-state index contributed by atoms with van der Waals surface area (Å²) in [5.74, 6) is 1.71. The summed E-state index contributed by atoms with van der Waals surface area (Å²) in [4.78, 5) is 0. The molecule has 1 aliphatic heterocycles. The van der Waals surface area contributed by atoms with E-state index in [9.17, 15) is 0 Å². The van der Waals surface area contributed by atoms with Crippen molar-refractivity contribution in [3.8, 4) is 5.75 Å². The van der Waals surface area contributed by atoms with Crippen LogP contribution in [0.4, 0.5) is 0 Å². The molecule has 0 aromatic heterocycles. The SMILES string of the molecule is CCCCCC(NCC)C1CCOc2ccccc21. The Kier molecular flexibility index (Phi) is 5.71. The summed E-state index contributed by atoms with van der Waals surface area (Å²) in [5, 5.41) is 3.70. The number of fused-ring (bicyclic) bond motifs is 1. The standard InChI is InChI=1S/C17H27NO/c1-3-5-6-10-16(18-4-2)14-12-13-19-17-11-8-7-9-15(14)17/h7-9,11,14,16,18H,3-6,10,12-13H2,1-2H3. The molecule has 2 unspecified atom stereocenters. The van der Waals surface area contributed by atoms with Gasteiger partial charge in [0.2, 0.25) is 0 Å². The monoisotopic (exact) mass is 261 g/mol. The van der Waals surface area contributed by atoms with Crippen LogP contribution in [0.1, 0.15) is 57.4 Å². The van der Waals surface area contributed by atoms with Gasteiger partial charge in [-0.3, -0.25) is 0 Å². The van der Waals surface area contributed by atoms with Gasteiger partial charge >= 0.3 is 0 Å². The van der Waals surface area contributed by atoms with Crippen LogP contribution >= 0.6 is 0 Å². The quantitative estimate of drug-likeness (QED) is 0.746. The lowest BCUT2D eigenvalue weighted by Crippen LogP contribution is -2.37. The van der Waals surface area contributed by atoms with E-state index in [-0.39, 0.29) is 0 Å². The molecule has 1 aromatic carbocycles. The third kappa shape index (κ3) is 3.73. The number of likely N-dealkylation sites (N-methyl/N-ethyl adjacent to an activating group) is 1. The number of rotatable bonds is 7. The van der Waals surface area contributed by atoms with E-state index < -0.39 is 0 Å². The summed E-state index contributed by atoms with van der Waals surface area (Å²) in [5.41, 5.74) is 1.40. The van der Waals surface area contributed by atoms with Gasteiger partial charge in [0.15, 0.2) is 0 Å². The van der Waals surface area contributed by atoms with E-state index in [2.05, 4.69) is 43.4 Å². The Morgan fingerprint density at radius 1 is 1.26 bits per heavy atom. The van der Waals surface area contributed by atoms with E-state index in [1.165, 1.54) is 31.2 Å². The maximum atomic E-state index is 5.78. The second kappa shape index (κ2) is 7.54. The fourth-order valence-corrected chi connectivity index (χ4v) is 3.11. The number of benzene rings is 1. The molecule has 1 heterocycles. The molecule has 0 amide bonds. The number of unbranched alkanes of at least 4 members (excludes halogenated alkanes) is 2. The summed E-state index contributed by atoms with van der Waals surface area (Å²) >= 11 is 0. The smallest absolute Gasteiger partial charge is 0.122 e. The molecule has 19 heavy (non-hydrogen) atoms. The first kappa shape index (κ1) is 14.4. The molecule has 2 nitrogen and oxygen atoms in total. The Hall–Kier alpha value is -1.02. The molecule has 0 spiro atoms. The van der Waals surface area contributed by atoms with Crippen molar-refractivity contribution >= 4 is 0 Å². The lowest BCUT2D eigenvalue weighted by Gasteiger charge is -2.33. The van der Waals surface area contributed by atoms with Crippen molar-refractivity contribution in [1.82, 2.24) is 5.32 Å². The minimum absolute atomic E-state index is 0.599. The fourth-order valence-electron chi connectivity index (χ4n) is 3.11. The largest absolute Gasteiger partial charge is 0.493 e. The Bertz CT molecular complexity index is 377. The van der Waals surface area contributed by atoms with E-state index in [1.54, 1.807) is 0 Å². The molecule has 0 fully saturated rings. The first-order chi connectivity index (χ1) is 9.36. The van der Waals surface area contributed by atoms with Gasteiger partial charge in [0.25, 0.3) is 0 Å². The number of hydrogen-bond acceptors (Lipinski definition) is 2. The highest BCUT2D eigenvalue weighted by atomic mass is 16.5. The fraction of sp³-hybridized carbons (Fsp3) is 0.647. The van der Waals surface area contributed by atoms with Crippen molar-refractivity contribution in [3.05, 3.63) is 29.8 Å². The Balaban J connectivity index is 2.08. The van der Waals surface area contributed by atoms with E-state index in [0.29, 0.717) is 12.0 Å². The number of para-hydroxylation sites is 1. The van der Waals surface area contributed by atoms with Crippen molar-refractivity contribution < 1.29 is 4.74 Å². The van der Waals surface area contributed by atoms with Gasteiger partial charge in [-0.05, 0) is 31.0 Å². The lowest BCUT2D eigenvalue weighted by atomic mass is 9.84. The van der Waals surface area contributed by atoms with Crippen LogP contribution in [-0.2, 0) is 0 Å². The average Bonchev–Trinajstić information content (AvgIpc) is 2.46. The van der Waals surface area contributed by atoms with Gasteiger partial charge in [-0.25, -0.2) is 0 Å². The molecule has 0 aliphatic carbocycles. The van der Waals surface area contributed by atoms with Gasteiger partial charge in [-0.15, -0.1) is 0 Å². The lowest BCUT2D eigenvalue weighted by molar-refractivity contribution is 0.240. The van der Waals surface area contributed by atoms with Crippen LogP contribution in [0.5, 0.6) is 5.75 Å². The maximum absolute atomic E-state index is 5.78. The maximum Gasteiger partial charge on any atom is 0.122 e. The first-order valence-corrected chi connectivity index (χ1v) is 7.82. The van der Waals surface area contributed by atoms with E-state index >= 15 is 0 Å². The van der Waals surface area contributed by atoms with Gasteiger partial charge in [0.1, 0.15) is 5.75 Å². The molecule has 1 aliphatic rings. The van der Waals surface area contributed by atoms with Crippen molar-refractivity contribution in [2.75, 3.05) is 13.2 Å². The molecule has 0 saturated heterocycles. The minimum atomic E-state index is 0.599. The molecule has 0 radical (unpaired) electrons. The van der Waals surface area contributed by atoms with Crippen molar-refractivity contribution in [2.45, 2.75) is 57.9 Å². The highest BCUT2D eigenvalue weighted by Crippen LogP contribution is 2.36. The van der Waals surface area contributed by atoms with Crippen molar-refractivity contribution in [2.24, 2.45) is 0 Å². The summed E-state index contributed by atoms with van der Waals surface area (Å²) in [6.45, 7) is 6.39. The number of hydrogen-bond donors (Lipinski definition) is 1. The summed E-state index contributed by atoms with van der Waals surface area (Å²) < 4.78 is 5.78. The molecular weight excluding hydrogens is 234 g/mol. The highest BCUT2D eigenvalue weighted by Gasteiger charge is 2.27. The molecule has 1 N–H and O–H groups in total. The molecule has 2 rings (SSSR count). The van der Waals surface area contributed by atoms with E-state index in [0.717, 1.165) is 25.3 Å². The molecule has 106 valence electrons. The minimum Gasteiger partial charge on any atom is -0.493 e. The Morgan fingerprint density at radius 2 is 2.11 bits per heavy atom. The van der Waals surface area contributed by atoms with Crippen LogP contribution < -0.4 is 10.1 Å². The molecule has 0 bridgehead atoms. The number of ether oxygens (including phenoxy) is 1. The van der Waals surface area contributed by atoms with Crippen molar-refractivity contribution in [3.63, 3.8) is 0 Å². The zero-order valence-corrected chi connectivity index (χ0v) is 12.3. The van der Waals surface area contributed by atoms with Crippen LogP contribution in [-0.4, -0.2) is 19.2 Å². The van der Waals surface area contributed by atoms with Gasteiger partial charge in [-0.2, -0.15) is 0 Å². The zero-order chi connectivity index (χ0) is 13.5. The average molecular weight is 261 g/mol. The summed E-state index contributed by atoms with van der Waals surface area (Å²) in [6.07, 6.45) is 6.38. The third-order valence-corrected chi connectivity index (χ3v) is 4.08. The molecule has 2 heteroatoms. The van der Waals surface area contributed by atoms with E-state index in [1.807, 2.05) is 0 Å². The topological polar surface area (TPSA) is 21.3 Å². The van der Waals surface area contributed by atoms with Gasteiger partial charge < -0.3 is 10.1 Å². The molecular formula is C17H27NO. The van der Waals surface area contributed by atoms with Crippen LogP contribution in [0.25, 0.3) is 0 Å². The number of nitrogens with one attached hydrogen (secondary N) is 1. The van der Waals surface area contributed by atoms with Crippen LogP contribution in [0, 0.1) is 0 Å². The second-order valence-corrected chi connectivity index (χ2v) is 5.44. The summed E-state index contributed by atoms with van der Waals surface area (Å²) in [7, 11) is 0.